The largest absolute Gasteiger partial charge is 0.497 e. The van der Waals surface area contributed by atoms with Gasteiger partial charge in [0.05, 0.1) is 34.0 Å². The number of hydrogen-bond donors (Lipinski definition) is 1. The van der Waals surface area contributed by atoms with Crippen molar-refractivity contribution >= 4 is 5.91 Å². The molecule has 0 fully saturated rings. The van der Waals surface area contributed by atoms with Crippen LogP contribution in [-0.4, -0.2) is 40.9 Å². The van der Waals surface area contributed by atoms with E-state index in [1.807, 2.05) is 18.2 Å². The Hall–Kier alpha value is -2.89. The van der Waals surface area contributed by atoms with Gasteiger partial charge < -0.3 is 24.3 Å². The minimum atomic E-state index is -0.194. The second-order valence-corrected chi connectivity index (χ2v) is 5.26. The van der Waals surface area contributed by atoms with Crippen molar-refractivity contribution in [3.63, 3.8) is 0 Å². The molecule has 6 nitrogen and oxygen atoms in total. The second kappa shape index (κ2) is 8.82. The molecule has 0 radical (unpaired) electrons. The zero-order valence-electron chi connectivity index (χ0n) is 14.9. The van der Waals surface area contributed by atoms with E-state index in [2.05, 4.69) is 5.32 Å². The van der Waals surface area contributed by atoms with Crippen molar-refractivity contribution in [2.75, 3.05) is 35.0 Å². The Morgan fingerprint density at radius 2 is 1.56 bits per heavy atom. The summed E-state index contributed by atoms with van der Waals surface area (Å²) < 4.78 is 20.9. The van der Waals surface area contributed by atoms with Crippen molar-refractivity contribution in [1.29, 1.82) is 0 Å². The van der Waals surface area contributed by atoms with Crippen LogP contribution in [0.4, 0.5) is 0 Å². The molecular formula is C19H23NO5. The zero-order valence-corrected chi connectivity index (χ0v) is 14.9. The van der Waals surface area contributed by atoms with Gasteiger partial charge in [-0.2, -0.15) is 0 Å². The van der Waals surface area contributed by atoms with Crippen LogP contribution in [0, 0.1) is 0 Å². The summed E-state index contributed by atoms with van der Waals surface area (Å²) in [5, 5.41) is 2.89. The predicted octanol–water partition coefficient (Wildman–Crippen LogP) is 2.69. The summed E-state index contributed by atoms with van der Waals surface area (Å²) in [6.45, 7) is 0.490. The lowest BCUT2D eigenvalue weighted by atomic mass is 10.1. The molecule has 134 valence electrons. The normalized spacial score (nSPS) is 10.1. The van der Waals surface area contributed by atoms with Crippen LogP contribution in [0.1, 0.15) is 15.9 Å². The average molecular weight is 345 g/mol. The minimum absolute atomic E-state index is 0.194. The highest BCUT2D eigenvalue weighted by molar-refractivity contribution is 5.97. The van der Waals surface area contributed by atoms with Gasteiger partial charge in [-0.3, -0.25) is 4.79 Å². The monoisotopic (exact) mass is 345 g/mol. The van der Waals surface area contributed by atoms with E-state index < -0.39 is 0 Å². The second-order valence-electron chi connectivity index (χ2n) is 5.26. The maximum absolute atomic E-state index is 12.4. The van der Waals surface area contributed by atoms with Gasteiger partial charge in [0.25, 0.3) is 5.91 Å². The molecular weight excluding hydrogens is 322 g/mol. The highest BCUT2D eigenvalue weighted by atomic mass is 16.5. The number of hydrogen-bond acceptors (Lipinski definition) is 5. The predicted molar refractivity (Wildman–Crippen MR) is 95.1 cm³/mol. The number of rotatable bonds is 8. The first-order chi connectivity index (χ1) is 12.1. The number of amides is 1. The topological polar surface area (TPSA) is 66.0 Å². The number of ether oxygens (including phenoxy) is 4. The number of methoxy groups -OCH3 is 4. The van der Waals surface area contributed by atoms with E-state index in [1.54, 1.807) is 39.5 Å². The first kappa shape index (κ1) is 18.4. The first-order valence-corrected chi connectivity index (χ1v) is 7.84. The fraction of sp³-hybridized carbons (Fsp3) is 0.316. The Morgan fingerprint density at radius 1 is 0.840 bits per heavy atom. The molecule has 0 aliphatic heterocycles. The first-order valence-electron chi connectivity index (χ1n) is 7.84. The average Bonchev–Trinajstić information content (AvgIpc) is 2.66. The Morgan fingerprint density at radius 3 is 2.20 bits per heavy atom. The molecule has 0 aliphatic rings. The molecule has 2 aromatic carbocycles. The van der Waals surface area contributed by atoms with E-state index in [4.69, 9.17) is 18.9 Å². The molecule has 0 bridgehead atoms. The lowest BCUT2D eigenvalue weighted by Gasteiger charge is -2.12. The molecule has 0 aromatic heterocycles. The molecule has 0 atom stereocenters. The van der Waals surface area contributed by atoms with Crippen LogP contribution < -0.4 is 24.3 Å². The van der Waals surface area contributed by atoms with Gasteiger partial charge in [-0.25, -0.2) is 0 Å². The third kappa shape index (κ3) is 4.56. The molecule has 25 heavy (non-hydrogen) atoms. The van der Waals surface area contributed by atoms with Crippen molar-refractivity contribution in [3.8, 4) is 23.0 Å². The Balaban J connectivity index is 1.99. The van der Waals surface area contributed by atoms with Crippen molar-refractivity contribution < 1.29 is 23.7 Å². The summed E-state index contributed by atoms with van der Waals surface area (Å²) in [6.07, 6.45) is 0.671. The van der Waals surface area contributed by atoms with Gasteiger partial charge in [-0.15, -0.1) is 0 Å². The van der Waals surface area contributed by atoms with Gasteiger partial charge in [0.15, 0.2) is 11.5 Å². The van der Waals surface area contributed by atoms with Gasteiger partial charge in [0, 0.05) is 12.6 Å². The summed E-state index contributed by atoms with van der Waals surface area (Å²) in [7, 11) is 6.28. The smallest absolute Gasteiger partial charge is 0.255 e. The van der Waals surface area contributed by atoms with Gasteiger partial charge >= 0.3 is 0 Å². The highest BCUT2D eigenvalue weighted by Crippen LogP contribution is 2.28. The van der Waals surface area contributed by atoms with Crippen LogP contribution in [0.2, 0.25) is 0 Å². The summed E-state index contributed by atoms with van der Waals surface area (Å²) in [6, 6.07) is 10.8. The maximum Gasteiger partial charge on any atom is 0.255 e. The summed E-state index contributed by atoms with van der Waals surface area (Å²) in [5.41, 5.74) is 1.51. The Labute approximate surface area is 147 Å². The fourth-order valence-electron chi connectivity index (χ4n) is 2.44. The quantitative estimate of drug-likeness (QED) is 0.797. The van der Waals surface area contributed by atoms with Gasteiger partial charge in [0.1, 0.15) is 11.5 Å². The summed E-state index contributed by atoms with van der Waals surface area (Å²) >= 11 is 0. The van der Waals surface area contributed by atoms with E-state index in [-0.39, 0.29) is 5.91 Å². The number of nitrogens with one attached hydrogen (secondary N) is 1. The van der Waals surface area contributed by atoms with Crippen LogP contribution >= 0.6 is 0 Å². The van der Waals surface area contributed by atoms with Crippen molar-refractivity contribution in [3.05, 3.63) is 47.5 Å². The molecule has 1 amide bonds. The van der Waals surface area contributed by atoms with Crippen LogP contribution in [0.25, 0.3) is 0 Å². The molecule has 0 heterocycles. The van der Waals surface area contributed by atoms with E-state index in [0.717, 1.165) is 5.56 Å². The Kier molecular flexibility index (Phi) is 6.51. The highest BCUT2D eigenvalue weighted by Gasteiger charge is 2.13. The van der Waals surface area contributed by atoms with Crippen LogP contribution in [0.5, 0.6) is 23.0 Å². The molecule has 2 aromatic rings. The summed E-state index contributed by atoms with van der Waals surface area (Å²) in [5.74, 6) is 2.27. The van der Waals surface area contributed by atoms with Gasteiger partial charge in [-0.05, 0) is 36.2 Å². The number of carbonyl (C=O) groups is 1. The van der Waals surface area contributed by atoms with Crippen LogP contribution in [0.3, 0.4) is 0 Å². The molecule has 0 unspecified atom stereocenters. The van der Waals surface area contributed by atoms with E-state index in [1.165, 1.54) is 7.11 Å². The van der Waals surface area contributed by atoms with Crippen molar-refractivity contribution in [2.45, 2.75) is 6.42 Å². The molecule has 1 N–H and O–H groups in total. The van der Waals surface area contributed by atoms with Gasteiger partial charge in [0.2, 0.25) is 0 Å². The molecule has 0 spiro atoms. The van der Waals surface area contributed by atoms with E-state index in [0.29, 0.717) is 41.5 Å². The van der Waals surface area contributed by atoms with Gasteiger partial charge in [-0.1, -0.05) is 6.07 Å². The standard InChI is InChI=1S/C19H23NO5/c1-22-14-6-7-15(17(12-14)24-3)19(21)20-10-9-13-5-8-16(23-2)18(11-13)25-4/h5-8,11-12H,9-10H2,1-4H3,(H,20,21). The molecule has 2 rings (SSSR count). The summed E-state index contributed by atoms with van der Waals surface area (Å²) in [4.78, 5) is 12.4. The third-order valence-corrected chi connectivity index (χ3v) is 3.80. The maximum atomic E-state index is 12.4. The zero-order chi connectivity index (χ0) is 18.2. The van der Waals surface area contributed by atoms with Crippen LogP contribution in [-0.2, 0) is 6.42 Å². The molecule has 0 aliphatic carbocycles. The SMILES string of the molecule is COc1ccc(C(=O)NCCc2ccc(OC)c(OC)c2)c(OC)c1. The van der Waals surface area contributed by atoms with Crippen molar-refractivity contribution in [2.24, 2.45) is 0 Å². The lowest BCUT2D eigenvalue weighted by Crippen LogP contribution is -2.26. The minimum Gasteiger partial charge on any atom is -0.497 e. The number of benzene rings is 2. The third-order valence-electron chi connectivity index (χ3n) is 3.80. The number of carbonyl (C=O) groups excluding carboxylic acids is 1. The lowest BCUT2D eigenvalue weighted by molar-refractivity contribution is 0.0951. The molecule has 0 saturated heterocycles. The Bertz CT molecular complexity index is 730. The van der Waals surface area contributed by atoms with Crippen molar-refractivity contribution in [1.82, 2.24) is 5.32 Å². The molecule has 0 saturated carbocycles. The molecule has 6 heteroatoms. The van der Waals surface area contributed by atoms with E-state index in [9.17, 15) is 4.79 Å². The fourth-order valence-corrected chi connectivity index (χ4v) is 2.44. The van der Waals surface area contributed by atoms with E-state index >= 15 is 0 Å². The van der Waals surface area contributed by atoms with Crippen LogP contribution in [0.15, 0.2) is 36.4 Å².